The molecule has 0 aliphatic carbocycles. The van der Waals surface area contributed by atoms with Gasteiger partial charge in [0.25, 0.3) is 0 Å². The third-order valence-corrected chi connectivity index (χ3v) is 5.76. The second-order valence-corrected chi connectivity index (χ2v) is 7.32. The second kappa shape index (κ2) is 6.48. The lowest BCUT2D eigenvalue weighted by atomic mass is 10.00. The van der Waals surface area contributed by atoms with Gasteiger partial charge in [0.05, 0.1) is 11.9 Å². The standard InChI is InChI=1S/C16H24N4OS/c1-10-11(2)22-16-14(10)15(17)18-13(19-16)9-20-7-4-3-5-12(20)6-8-21/h12,21H,3-9H2,1-2H3,(H2,17,18,19). The quantitative estimate of drug-likeness (QED) is 0.906. The number of fused-ring (bicyclic) bond motifs is 1. The van der Waals surface area contributed by atoms with Gasteiger partial charge in [0.15, 0.2) is 0 Å². The van der Waals surface area contributed by atoms with E-state index in [2.05, 4.69) is 23.7 Å². The molecule has 0 radical (unpaired) electrons. The van der Waals surface area contributed by atoms with Crippen LogP contribution in [0.2, 0.25) is 0 Å². The molecule has 5 nitrogen and oxygen atoms in total. The van der Waals surface area contributed by atoms with E-state index < -0.39 is 0 Å². The summed E-state index contributed by atoms with van der Waals surface area (Å²) in [6.45, 7) is 6.19. The first kappa shape index (κ1) is 15.6. The molecule has 1 fully saturated rings. The van der Waals surface area contributed by atoms with Crippen molar-refractivity contribution < 1.29 is 5.11 Å². The van der Waals surface area contributed by atoms with E-state index in [-0.39, 0.29) is 6.61 Å². The normalized spacial score (nSPS) is 19.9. The number of hydrogen-bond acceptors (Lipinski definition) is 6. The van der Waals surface area contributed by atoms with Crippen LogP contribution in [0.15, 0.2) is 0 Å². The van der Waals surface area contributed by atoms with Crippen molar-refractivity contribution in [3.63, 3.8) is 0 Å². The lowest BCUT2D eigenvalue weighted by Crippen LogP contribution is -2.39. The van der Waals surface area contributed by atoms with Crippen LogP contribution in [0.4, 0.5) is 5.82 Å². The molecule has 1 unspecified atom stereocenters. The molecular formula is C16H24N4OS. The predicted molar refractivity (Wildman–Crippen MR) is 91.1 cm³/mol. The van der Waals surface area contributed by atoms with Crippen molar-refractivity contribution in [2.45, 2.75) is 52.1 Å². The first-order valence-electron chi connectivity index (χ1n) is 7.97. The summed E-state index contributed by atoms with van der Waals surface area (Å²) in [6.07, 6.45) is 4.42. The van der Waals surface area contributed by atoms with Crippen LogP contribution in [0.5, 0.6) is 0 Å². The van der Waals surface area contributed by atoms with Crippen molar-refractivity contribution in [2.75, 3.05) is 18.9 Å². The molecule has 3 heterocycles. The average molecular weight is 320 g/mol. The highest BCUT2D eigenvalue weighted by molar-refractivity contribution is 7.18. The summed E-state index contributed by atoms with van der Waals surface area (Å²) in [6, 6.07) is 0.436. The summed E-state index contributed by atoms with van der Waals surface area (Å²) < 4.78 is 0. The molecule has 0 bridgehead atoms. The van der Waals surface area contributed by atoms with Gasteiger partial charge in [-0.15, -0.1) is 11.3 Å². The number of nitrogen functional groups attached to an aromatic ring is 1. The Hall–Kier alpha value is -1.24. The average Bonchev–Trinajstić information content (AvgIpc) is 2.77. The summed E-state index contributed by atoms with van der Waals surface area (Å²) >= 11 is 1.69. The largest absolute Gasteiger partial charge is 0.396 e. The number of aliphatic hydroxyl groups excluding tert-OH is 1. The Morgan fingerprint density at radius 1 is 1.32 bits per heavy atom. The van der Waals surface area contributed by atoms with Crippen molar-refractivity contribution in [2.24, 2.45) is 0 Å². The van der Waals surface area contributed by atoms with Crippen LogP contribution in [0.25, 0.3) is 10.2 Å². The molecule has 22 heavy (non-hydrogen) atoms. The fourth-order valence-corrected chi connectivity index (χ4v) is 4.38. The highest BCUT2D eigenvalue weighted by atomic mass is 32.1. The van der Waals surface area contributed by atoms with E-state index in [9.17, 15) is 5.11 Å². The van der Waals surface area contributed by atoms with Gasteiger partial charge in [0, 0.05) is 17.5 Å². The predicted octanol–water partition coefficient (Wildman–Crippen LogP) is 2.63. The number of nitrogens with two attached hydrogens (primary N) is 1. The maximum Gasteiger partial charge on any atom is 0.146 e. The Morgan fingerprint density at radius 3 is 2.91 bits per heavy atom. The van der Waals surface area contributed by atoms with E-state index in [1.54, 1.807) is 11.3 Å². The molecule has 3 rings (SSSR count). The molecule has 2 aromatic heterocycles. The van der Waals surface area contributed by atoms with E-state index in [1.165, 1.54) is 23.3 Å². The number of likely N-dealkylation sites (tertiary alicyclic amines) is 1. The Balaban J connectivity index is 1.87. The smallest absolute Gasteiger partial charge is 0.146 e. The van der Waals surface area contributed by atoms with Gasteiger partial charge in [-0.25, -0.2) is 9.97 Å². The van der Waals surface area contributed by atoms with Gasteiger partial charge in [-0.05, 0) is 45.2 Å². The van der Waals surface area contributed by atoms with Crippen molar-refractivity contribution in [1.82, 2.24) is 14.9 Å². The molecule has 0 aromatic carbocycles. The Bertz CT molecular complexity index is 668. The zero-order valence-corrected chi connectivity index (χ0v) is 14.1. The number of aryl methyl sites for hydroxylation is 2. The van der Waals surface area contributed by atoms with Crippen LogP contribution >= 0.6 is 11.3 Å². The zero-order chi connectivity index (χ0) is 15.7. The van der Waals surface area contributed by atoms with Crippen molar-refractivity contribution in [3.05, 3.63) is 16.3 Å². The number of aromatic nitrogens is 2. The number of rotatable bonds is 4. The van der Waals surface area contributed by atoms with Gasteiger partial charge in [-0.3, -0.25) is 4.90 Å². The van der Waals surface area contributed by atoms with Gasteiger partial charge in [-0.1, -0.05) is 6.42 Å². The lowest BCUT2D eigenvalue weighted by Gasteiger charge is -2.34. The molecule has 1 aliphatic rings. The van der Waals surface area contributed by atoms with Gasteiger partial charge in [0.1, 0.15) is 16.5 Å². The maximum atomic E-state index is 9.24. The van der Waals surface area contributed by atoms with E-state index in [0.717, 1.165) is 42.0 Å². The molecule has 0 amide bonds. The minimum Gasteiger partial charge on any atom is -0.396 e. The van der Waals surface area contributed by atoms with Gasteiger partial charge < -0.3 is 10.8 Å². The number of thiophene rings is 1. The number of aliphatic hydroxyl groups is 1. The van der Waals surface area contributed by atoms with Crippen LogP contribution in [0.1, 0.15) is 41.9 Å². The minimum atomic E-state index is 0.243. The van der Waals surface area contributed by atoms with Crippen LogP contribution in [-0.4, -0.2) is 39.2 Å². The molecule has 0 saturated carbocycles. The number of nitrogens with zero attached hydrogens (tertiary/aromatic N) is 3. The van der Waals surface area contributed by atoms with E-state index in [1.807, 2.05) is 0 Å². The fourth-order valence-electron chi connectivity index (χ4n) is 3.32. The van der Waals surface area contributed by atoms with Gasteiger partial charge in [-0.2, -0.15) is 0 Å². The molecule has 1 saturated heterocycles. The Labute approximate surface area is 135 Å². The second-order valence-electron chi connectivity index (χ2n) is 6.12. The summed E-state index contributed by atoms with van der Waals surface area (Å²) in [5.41, 5.74) is 7.36. The first-order valence-corrected chi connectivity index (χ1v) is 8.78. The van der Waals surface area contributed by atoms with Gasteiger partial charge in [0.2, 0.25) is 0 Å². The summed E-state index contributed by atoms with van der Waals surface area (Å²) in [4.78, 5) is 13.9. The van der Waals surface area contributed by atoms with E-state index in [0.29, 0.717) is 11.9 Å². The fraction of sp³-hybridized carbons (Fsp3) is 0.625. The highest BCUT2D eigenvalue weighted by Crippen LogP contribution is 2.32. The third-order valence-electron chi connectivity index (χ3n) is 4.66. The third kappa shape index (κ3) is 2.95. The Morgan fingerprint density at radius 2 is 2.14 bits per heavy atom. The summed E-state index contributed by atoms with van der Waals surface area (Å²) in [5.74, 6) is 1.40. The van der Waals surface area contributed by atoms with Crippen molar-refractivity contribution >= 4 is 27.4 Å². The van der Waals surface area contributed by atoms with Gasteiger partial charge >= 0.3 is 0 Å². The zero-order valence-electron chi connectivity index (χ0n) is 13.3. The number of hydrogen-bond donors (Lipinski definition) is 2. The summed E-state index contributed by atoms with van der Waals surface area (Å²) in [5, 5.41) is 10.3. The molecule has 120 valence electrons. The Kier molecular flexibility index (Phi) is 4.61. The van der Waals surface area contributed by atoms with Crippen LogP contribution in [-0.2, 0) is 6.54 Å². The monoisotopic (exact) mass is 320 g/mol. The van der Waals surface area contributed by atoms with Crippen molar-refractivity contribution in [3.8, 4) is 0 Å². The maximum absolute atomic E-state index is 9.24. The molecular weight excluding hydrogens is 296 g/mol. The molecule has 2 aromatic rings. The molecule has 3 N–H and O–H groups in total. The number of piperidine rings is 1. The summed E-state index contributed by atoms with van der Waals surface area (Å²) in [7, 11) is 0. The van der Waals surface area contributed by atoms with E-state index in [4.69, 9.17) is 10.7 Å². The molecule has 1 aliphatic heterocycles. The first-order chi connectivity index (χ1) is 10.6. The minimum absolute atomic E-state index is 0.243. The SMILES string of the molecule is Cc1sc2nc(CN3CCCCC3CCO)nc(N)c2c1C. The van der Waals surface area contributed by atoms with Crippen LogP contribution in [0.3, 0.4) is 0 Å². The van der Waals surface area contributed by atoms with Crippen LogP contribution < -0.4 is 5.73 Å². The topological polar surface area (TPSA) is 75.3 Å². The highest BCUT2D eigenvalue weighted by Gasteiger charge is 2.23. The number of anilines is 1. The van der Waals surface area contributed by atoms with E-state index >= 15 is 0 Å². The molecule has 6 heteroatoms. The van der Waals surface area contributed by atoms with Crippen molar-refractivity contribution in [1.29, 1.82) is 0 Å². The molecule has 1 atom stereocenters. The molecule has 0 spiro atoms. The lowest BCUT2D eigenvalue weighted by molar-refractivity contribution is 0.110. The van der Waals surface area contributed by atoms with Crippen LogP contribution in [0, 0.1) is 13.8 Å².